The Kier molecular flexibility index (Phi) is 4.15. The molecule has 0 unspecified atom stereocenters. The average Bonchev–Trinajstić information content (AvgIpc) is 3.63. The van der Waals surface area contributed by atoms with Gasteiger partial charge in [0, 0.05) is 60.5 Å². The molecule has 0 bridgehead atoms. The van der Waals surface area contributed by atoms with E-state index in [1.807, 2.05) is 0 Å². The summed E-state index contributed by atoms with van der Waals surface area (Å²) >= 11 is 0. The van der Waals surface area contributed by atoms with Crippen molar-refractivity contribution in [3.8, 4) is 11.1 Å². The first kappa shape index (κ1) is 22.8. The highest BCUT2D eigenvalue weighted by atomic mass is 16.3. The van der Waals surface area contributed by atoms with Crippen LogP contribution in [0.1, 0.15) is 0 Å². The SMILES string of the molecule is c1ccc(N2c3cc4c(oc5ccccc54)c4c3B(c3ccc5ccccc5c32)n2c3ccccc3c3cccc-4c32)cc1. The second kappa shape index (κ2) is 8.00. The smallest absolute Gasteiger partial charge is 0.333 e. The van der Waals surface area contributed by atoms with Crippen molar-refractivity contribution in [2.24, 2.45) is 0 Å². The van der Waals surface area contributed by atoms with Crippen molar-refractivity contribution in [2.75, 3.05) is 4.90 Å². The molecular formula is C40H23BN2O. The summed E-state index contributed by atoms with van der Waals surface area (Å²) in [6.45, 7) is -0.0190. The van der Waals surface area contributed by atoms with Crippen LogP contribution in [0, 0.1) is 0 Å². The van der Waals surface area contributed by atoms with E-state index in [9.17, 15) is 0 Å². The Morgan fingerprint density at radius 1 is 0.568 bits per heavy atom. The van der Waals surface area contributed by atoms with Crippen molar-refractivity contribution in [1.29, 1.82) is 0 Å². The Morgan fingerprint density at radius 3 is 2.23 bits per heavy atom. The lowest BCUT2D eigenvalue weighted by Crippen LogP contribution is -2.56. The largest absolute Gasteiger partial charge is 0.455 e. The predicted octanol–water partition coefficient (Wildman–Crippen LogP) is 9.26. The number of anilines is 3. The van der Waals surface area contributed by atoms with Gasteiger partial charge in [-0.05, 0) is 46.6 Å². The van der Waals surface area contributed by atoms with Crippen molar-refractivity contribution in [2.45, 2.75) is 0 Å². The highest BCUT2D eigenvalue weighted by Gasteiger charge is 2.44. The van der Waals surface area contributed by atoms with Crippen molar-refractivity contribution in [1.82, 2.24) is 4.48 Å². The summed E-state index contributed by atoms with van der Waals surface area (Å²) in [4.78, 5) is 2.50. The molecule has 0 spiro atoms. The molecule has 4 heteroatoms. The standard InChI is InChI=1S/C40H23BN2O/c1-2-12-25(13-3-1)42-34-23-31-28-16-7-9-20-35(28)44-40(31)36-30-18-10-17-29-27-15-6-8-19-33(27)43(38(29)30)41(37(34)36)32-22-21-24-11-4-5-14-26(24)39(32)42/h1-23H. The molecule has 0 atom stereocenters. The van der Waals surface area contributed by atoms with Crippen LogP contribution in [0.2, 0.25) is 0 Å². The summed E-state index contributed by atoms with van der Waals surface area (Å²) in [5.41, 5.74) is 13.1. The zero-order valence-electron chi connectivity index (χ0n) is 23.7. The fraction of sp³-hybridized carbons (Fsp3) is 0. The lowest BCUT2D eigenvalue weighted by atomic mass is 9.44. The van der Waals surface area contributed by atoms with Gasteiger partial charge in [0.05, 0.1) is 5.69 Å². The van der Waals surface area contributed by atoms with Crippen LogP contribution in [0.15, 0.2) is 144 Å². The van der Waals surface area contributed by atoms with Crippen molar-refractivity contribution in [3.05, 3.63) is 140 Å². The van der Waals surface area contributed by atoms with Crippen molar-refractivity contribution < 1.29 is 4.42 Å². The monoisotopic (exact) mass is 558 g/mol. The van der Waals surface area contributed by atoms with Crippen LogP contribution in [0.25, 0.3) is 65.6 Å². The molecule has 4 heterocycles. The summed E-state index contributed by atoms with van der Waals surface area (Å²) in [6.07, 6.45) is 0. The minimum Gasteiger partial charge on any atom is -0.455 e. The lowest BCUT2D eigenvalue weighted by Gasteiger charge is -2.41. The molecule has 0 saturated heterocycles. The minimum atomic E-state index is -0.0190. The predicted molar refractivity (Wildman–Crippen MR) is 185 cm³/mol. The molecule has 0 amide bonds. The average molecular weight is 558 g/mol. The molecule has 0 radical (unpaired) electrons. The van der Waals surface area contributed by atoms with Crippen molar-refractivity contribution >= 4 is 89.4 Å². The van der Waals surface area contributed by atoms with E-state index >= 15 is 0 Å². The number of rotatable bonds is 1. The Bertz CT molecular complexity index is 2680. The van der Waals surface area contributed by atoms with Gasteiger partial charge in [-0.25, -0.2) is 0 Å². The zero-order valence-corrected chi connectivity index (χ0v) is 23.7. The quantitative estimate of drug-likeness (QED) is 0.187. The van der Waals surface area contributed by atoms with Crippen LogP contribution in [-0.4, -0.2) is 11.3 Å². The van der Waals surface area contributed by atoms with Gasteiger partial charge < -0.3 is 13.8 Å². The van der Waals surface area contributed by atoms with E-state index in [0.29, 0.717) is 0 Å². The van der Waals surface area contributed by atoms with E-state index in [2.05, 4.69) is 149 Å². The van der Waals surface area contributed by atoms with E-state index in [1.54, 1.807) is 0 Å². The fourth-order valence-electron chi connectivity index (χ4n) is 8.24. The number of fused-ring (bicyclic) bond motifs is 13. The Labute approximate surface area is 253 Å². The summed E-state index contributed by atoms with van der Waals surface area (Å²) < 4.78 is 9.42. The molecule has 7 aromatic carbocycles. The van der Waals surface area contributed by atoms with Gasteiger partial charge in [-0.15, -0.1) is 0 Å². The molecule has 202 valence electrons. The number of hydrogen-bond donors (Lipinski definition) is 0. The van der Waals surface area contributed by atoms with Crippen LogP contribution in [0.3, 0.4) is 0 Å². The second-order valence-electron chi connectivity index (χ2n) is 12.0. The highest BCUT2D eigenvalue weighted by Crippen LogP contribution is 2.50. The normalized spacial score (nSPS) is 13.4. The van der Waals surface area contributed by atoms with Gasteiger partial charge in [0.15, 0.2) is 0 Å². The number of benzene rings is 7. The van der Waals surface area contributed by atoms with Crippen LogP contribution in [0.5, 0.6) is 0 Å². The third-order valence-electron chi connectivity index (χ3n) is 9.92. The Morgan fingerprint density at radius 2 is 1.32 bits per heavy atom. The summed E-state index contributed by atoms with van der Waals surface area (Å²) in [5.74, 6) is 0. The molecule has 9 aromatic rings. The number of furan rings is 1. The summed E-state index contributed by atoms with van der Waals surface area (Å²) in [7, 11) is 0. The second-order valence-corrected chi connectivity index (χ2v) is 12.0. The number of para-hydroxylation sites is 4. The molecule has 44 heavy (non-hydrogen) atoms. The Balaban J connectivity index is 1.43. The fourth-order valence-corrected chi connectivity index (χ4v) is 8.24. The third kappa shape index (κ3) is 2.66. The molecular weight excluding hydrogens is 535 g/mol. The van der Waals surface area contributed by atoms with Crippen LogP contribution in [-0.2, 0) is 0 Å². The van der Waals surface area contributed by atoms with Crippen molar-refractivity contribution in [3.63, 3.8) is 0 Å². The molecule has 0 aliphatic carbocycles. The van der Waals surface area contributed by atoms with Gasteiger partial charge in [-0.2, -0.15) is 0 Å². The van der Waals surface area contributed by atoms with Crippen LogP contribution < -0.4 is 15.8 Å². The molecule has 0 fully saturated rings. The lowest BCUT2D eigenvalue weighted by molar-refractivity contribution is 0.670. The third-order valence-corrected chi connectivity index (χ3v) is 9.92. The summed E-state index contributed by atoms with van der Waals surface area (Å²) in [6, 6.07) is 50.8. The molecule has 2 aliphatic rings. The van der Waals surface area contributed by atoms with E-state index in [0.717, 1.165) is 27.6 Å². The maximum atomic E-state index is 6.81. The van der Waals surface area contributed by atoms with Crippen LogP contribution in [0.4, 0.5) is 17.1 Å². The van der Waals surface area contributed by atoms with E-state index < -0.39 is 0 Å². The number of nitrogens with zero attached hydrogens (tertiary/aromatic N) is 2. The Hall–Kier alpha value is -5.74. The first-order chi connectivity index (χ1) is 21.9. The maximum absolute atomic E-state index is 6.81. The first-order valence-corrected chi connectivity index (χ1v) is 15.2. The summed E-state index contributed by atoms with van der Waals surface area (Å²) in [5, 5.41) is 7.36. The zero-order chi connectivity index (χ0) is 28.5. The molecule has 2 aliphatic heterocycles. The number of hydrogen-bond acceptors (Lipinski definition) is 2. The molecule has 2 aromatic heterocycles. The minimum absolute atomic E-state index is 0.0190. The van der Waals surface area contributed by atoms with Gasteiger partial charge >= 0.3 is 6.85 Å². The van der Waals surface area contributed by atoms with Gasteiger partial charge in [0.1, 0.15) is 11.2 Å². The van der Waals surface area contributed by atoms with E-state index in [4.69, 9.17) is 4.42 Å². The number of aromatic nitrogens is 1. The maximum Gasteiger partial charge on any atom is 0.333 e. The topological polar surface area (TPSA) is 21.3 Å². The first-order valence-electron chi connectivity index (χ1n) is 15.2. The van der Waals surface area contributed by atoms with E-state index in [1.165, 1.54) is 66.0 Å². The van der Waals surface area contributed by atoms with Gasteiger partial charge in [0.25, 0.3) is 0 Å². The van der Waals surface area contributed by atoms with E-state index in [-0.39, 0.29) is 6.85 Å². The van der Waals surface area contributed by atoms with Crippen LogP contribution >= 0.6 is 0 Å². The molecule has 3 nitrogen and oxygen atoms in total. The molecule has 0 N–H and O–H groups in total. The van der Waals surface area contributed by atoms with Gasteiger partial charge in [0.2, 0.25) is 0 Å². The molecule has 0 saturated carbocycles. The molecule has 11 rings (SSSR count). The highest BCUT2D eigenvalue weighted by molar-refractivity contribution is 6.90. The van der Waals surface area contributed by atoms with Gasteiger partial charge in [-0.1, -0.05) is 109 Å². The van der Waals surface area contributed by atoms with Gasteiger partial charge in [-0.3, -0.25) is 0 Å².